The molecule has 268 valence electrons. The molecule has 1 aliphatic carbocycles. The summed E-state index contributed by atoms with van der Waals surface area (Å²) in [4.78, 5) is 0. The van der Waals surface area contributed by atoms with Gasteiger partial charge in [-0.05, 0) is 107 Å². The molecule has 8 aromatic carbocycles. The van der Waals surface area contributed by atoms with E-state index in [0.717, 1.165) is 51.6 Å². The van der Waals surface area contributed by atoms with Crippen LogP contribution < -0.4 is 0 Å². The van der Waals surface area contributed by atoms with Gasteiger partial charge in [-0.25, -0.2) is 0 Å². The zero-order valence-corrected chi connectivity index (χ0v) is 31.2. The average Bonchev–Trinajstić information content (AvgIpc) is 3.94. The summed E-state index contributed by atoms with van der Waals surface area (Å²) in [5, 5.41) is 7.30. The Bertz CT molecular complexity index is 3460. The molecule has 0 amide bonds. The van der Waals surface area contributed by atoms with Gasteiger partial charge in [0.1, 0.15) is 11.2 Å². The Balaban J connectivity index is 0.957. The van der Waals surface area contributed by atoms with Crippen LogP contribution in [0.3, 0.4) is 0 Å². The van der Waals surface area contributed by atoms with E-state index in [1.54, 1.807) is 0 Å². The highest BCUT2D eigenvalue weighted by Gasteiger charge is 2.18. The highest BCUT2D eigenvalue weighted by atomic mass is 16.3. The van der Waals surface area contributed by atoms with Crippen LogP contribution >= 0.6 is 0 Å². The normalized spacial score (nSPS) is 13.2. The summed E-state index contributed by atoms with van der Waals surface area (Å²) in [6.07, 6.45) is 8.86. The van der Waals surface area contributed by atoms with Crippen molar-refractivity contribution >= 4 is 71.1 Å². The van der Waals surface area contributed by atoms with E-state index in [2.05, 4.69) is 191 Å². The highest BCUT2D eigenvalue weighted by Crippen LogP contribution is 2.40. The van der Waals surface area contributed by atoms with Crippen molar-refractivity contribution in [2.24, 2.45) is 0 Å². The first-order valence-corrected chi connectivity index (χ1v) is 19.8. The quantitative estimate of drug-likeness (QED) is 0.173. The SMILES string of the molecule is C1=CCCC(c2cccc(-n3c4ccccc4c4cc(-c5ccc6c(c5)c5ccccc5n6-c5ccc(-c6cccc7c6oc6ccccc67)cc5)ccc43)c2)=C1. The van der Waals surface area contributed by atoms with Crippen molar-refractivity contribution in [3.63, 3.8) is 0 Å². The Labute approximate surface area is 329 Å². The number of fused-ring (bicyclic) bond motifs is 9. The highest BCUT2D eigenvalue weighted by molar-refractivity contribution is 6.13. The molecule has 0 spiro atoms. The van der Waals surface area contributed by atoms with Crippen molar-refractivity contribution in [1.29, 1.82) is 0 Å². The molecule has 57 heavy (non-hydrogen) atoms. The Morgan fingerprint density at radius 2 is 1.00 bits per heavy atom. The maximum Gasteiger partial charge on any atom is 0.143 e. The zero-order valence-electron chi connectivity index (χ0n) is 31.2. The molecule has 11 aromatic rings. The third-order valence-corrected chi connectivity index (χ3v) is 12.0. The van der Waals surface area contributed by atoms with Gasteiger partial charge in [-0.3, -0.25) is 0 Å². The fraction of sp³-hybridized carbons (Fsp3) is 0.0370. The minimum Gasteiger partial charge on any atom is -0.455 e. The van der Waals surface area contributed by atoms with E-state index in [4.69, 9.17) is 4.42 Å². The molecular weight excluding hydrogens is 693 g/mol. The summed E-state index contributed by atoms with van der Waals surface area (Å²) in [7, 11) is 0. The van der Waals surface area contributed by atoms with E-state index in [-0.39, 0.29) is 0 Å². The first-order valence-electron chi connectivity index (χ1n) is 19.8. The largest absolute Gasteiger partial charge is 0.455 e. The van der Waals surface area contributed by atoms with Crippen molar-refractivity contribution in [1.82, 2.24) is 9.13 Å². The first kappa shape index (κ1) is 31.9. The van der Waals surface area contributed by atoms with Gasteiger partial charge in [0.25, 0.3) is 0 Å². The lowest BCUT2D eigenvalue weighted by Crippen LogP contribution is -1.96. The number of furan rings is 1. The molecule has 1 aliphatic rings. The van der Waals surface area contributed by atoms with Crippen LogP contribution in [0.1, 0.15) is 18.4 Å². The van der Waals surface area contributed by atoms with Crippen LogP contribution in [0.4, 0.5) is 0 Å². The molecule has 12 rings (SSSR count). The minimum atomic E-state index is 0.916. The number of allylic oxidation sites excluding steroid dienone is 4. The summed E-state index contributed by atoms with van der Waals surface area (Å²) in [6.45, 7) is 0. The van der Waals surface area contributed by atoms with Crippen LogP contribution in [-0.4, -0.2) is 9.13 Å². The number of hydrogen-bond acceptors (Lipinski definition) is 1. The molecule has 3 heteroatoms. The van der Waals surface area contributed by atoms with Gasteiger partial charge in [-0.1, -0.05) is 127 Å². The topological polar surface area (TPSA) is 23.0 Å². The molecule has 3 heterocycles. The molecule has 0 atom stereocenters. The third kappa shape index (κ3) is 4.99. The van der Waals surface area contributed by atoms with Crippen LogP contribution in [0.5, 0.6) is 0 Å². The standard InChI is InChI=1S/C54H36N2O/c1-2-12-35(13-3-1)37-14-10-15-41(32-37)56-50-22-8-5-17-44(50)48-34-39(27-31-52(48)56)38-26-30-51-47(33-38)43-16-4-7-21-49(43)55(51)40-28-24-36(25-29-40)42-19-11-20-46-45-18-6-9-23-53(45)57-54(42)46/h1-2,4-12,14-34H,3,13H2. The van der Waals surface area contributed by atoms with Crippen molar-refractivity contribution in [2.75, 3.05) is 0 Å². The molecule has 3 nitrogen and oxygen atoms in total. The Morgan fingerprint density at radius 3 is 1.70 bits per heavy atom. The second kappa shape index (κ2) is 12.6. The van der Waals surface area contributed by atoms with Crippen molar-refractivity contribution in [2.45, 2.75) is 12.8 Å². The second-order valence-electron chi connectivity index (χ2n) is 15.2. The van der Waals surface area contributed by atoms with Crippen LogP contribution in [0.15, 0.2) is 199 Å². The molecule has 3 aromatic heterocycles. The number of benzene rings is 8. The van der Waals surface area contributed by atoms with E-state index >= 15 is 0 Å². The summed E-state index contributed by atoms with van der Waals surface area (Å²) in [5.41, 5.74) is 16.3. The lowest BCUT2D eigenvalue weighted by atomic mass is 9.97. The van der Waals surface area contributed by atoms with Crippen molar-refractivity contribution in [3.8, 4) is 33.6 Å². The summed E-state index contributed by atoms with van der Waals surface area (Å²) < 4.78 is 11.2. The Kier molecular flexibility index (Phi) is 7.05. The van der Waals surface area contributed by atoms with Crippen LogP contribution in [-0.2, 0) is 0 Å². The number of hydrogen-bond donors (Lipinski definition) is 0. The van der Waals surface area contributed by atoms with Gasteiger partial charge < -0.3 is 13.6 Å². The Hall–Kier alpha value is -7.36. The van der Waals surface area contributed by atoms with E-state index < -0.39 is 0 Å². The number of aromatic nitrogens is 2. The van der Waals surface area contributed by atoms with Crippen molar-refractivity contribution in [3.05, 3.63) is 200 Å². The monoisotopic (exact) mass is 728 g/mol. The molecule has 0 radical (unpaired) electrons. The zero-order chi connectivity index (χ0) is 37.5. The Morgan fingerprint density at radius 1 is 0.404 bits per heavy atom. The van der Waals surface area contributed by atoms with E-state index in [0.29, 0.717) is 0 Å². The summed E-state index contributed by atoms with van der Waals surface area (Å²) >= 11 is 0. The van der Waals surface area contributed by atoms with Gasteiger partial charge in [0, 0.05) is 49.3 Å². The third-order valence-electron chi connectivity index (χ3n) is 12.0. The lowest BCUT2D eigenvalue weighted by molar-refractivity contribution is 0.670. The summed E-state index contributed by atoms with van der Waals surface area (Å²) in [5.74, 6) is 0. The van der Waals surface area contributed by atoms with Crippen LogP contribution in [0, 0.1) is 0 Å². The van der Waals surface area contributed by atoms with Gasteiger partial charge in [0.2, 0.25) is 0 Å². The maximum atomic E-state index is 6.38. The predicted molar refractivity (Wildman–Crippen MR) is 240 cm³/mol. The van der Waals surface area contributed by atoms with Gasteiger partial charge in [0.05, 0.1) is 22.1 Å². The summed E-state index contributed by atoms with van der Waals surface area (Å²) in [6, 6.07) is 64.1. The van der Waals surface area contributed by atoms with Crippen LogP contribution in [0.2, 0.25) is 0 Å². The molecule has 0 aliphatic heterocycles. The van der Waals surface area contributed by atoms with E-state index in [1.807, 2.05) is 12.1 Å². The molecular formula is C54H36N2O. The van der Waals surface area contributed by atoms with Gasteiger partial charge >= 0.3 is 0 Å². The average molecular weight is 729 g/mol. The minimum absolute atomic E-state index is 0.916. The predicted octanol–water partition coefficient (Wildman–Crippen LogP) is 14.8. The molecule has 0 saturated carbocycles. The van der Waals surface area contributed by atoms with Gasteiger partial charge in [-0.15, -0.1) is 0 Å². The first-order chi connectivity index (χ1) is 28.3. The van der Waals surface area contributed by atoms with E-state index in [1.165, 1.54) is 71.6 Å². The van der Waals surface area contributed by atoms with Gasteiger partial charge in [0.15, 0.2) is 0 Å². The van der Waals surface area contributed by atoms with Crippen molar-refractivity contribution < 1.29 is 4.42 Å². The number of rotatable bonds is 5. The molecule has 0 unspecified atom stereocenters. The second-order valence-corrected chi connectivity index (χ2v) is 15.2. The van der Waals surface area contributed by atoms with Crippen LogP contribution in [0.25, 0.3) is 105 Å². The molecule has 0 fully saturated rings. The smallest absolute Gasteiger partial charge is 0.143 e. The molecule has 0 N–H and O–H groups in total. The number of nitrogens with zero attached hydrogens (tertiary/aromatic N) is 2. The lowest BCUT2D eigenvalue weighted by Gasteiger charge is -2.13. The number of para-hydroxylation sites is 4. The van der Waals surface area contributed by atoms with Gasteiger partial charge in [-0.2, -0.15) is 0 Å². The fourth-order valence-electron chi connectivity index (χ4n) is 9.31. The van der Waals surface area contributed by atoms with E-state index in [9.17, 15) is 0 Å². The maximum absolute atomic E-state index is 6.38. The molecule has 0 bridgehead atoms. The fourth-order valence-corrected chi connectivity index (χ4v) is 9.31. The molecule has 0 saturated heterocycles.